The third-order valence-corrected chi connectivity index (χ3v) is 4.21. The number of hydrogen-bond donors (Lipinski definition) is 2. The normalized spacial score (nSPS) is 17.2. The maximum Gasteiger partial charge on any atom is 2.00 e. The molecule has 0 fully saturated rings. The summed E-state index contributed by atoms with van der Waals surface area (Å²) in [5.74, 6) is 0.134. The van der Waals surface area contributed by atoms with E-state index in [0.717, 1.165) is 50.2 Å². The van der Waals surface area contributed by atoms with Gasteiger partial charge in [-0.1, -0.05) is 24.3 Å². The van der Waals surface area contributed by atoms with Crippen LogP contribution >= 0.6 is 0 Å². The van der Waals surface area contributed by atoms with E-state index in [1.165, 1.54) is 0 Å². The van der Waals surface area contributed by atoms with Crippen molar-refractivity contribution >= 4 is 11.6 Å². The number of ketones is 2. The Balaban J connectivity index is 0.000000562. The molecule has 0 bridgehead atoms. The van der Waals surface area contributed by atoms with E-state index >= 15 is 0 Å². The molecule has 2 aliphatic rings. The van der Waals surface area contributed by atoms with Crippen molar-refractivity contribution in [3.05, 3.63) is 72.2 Å². The first-order chi connectivity index (χ1) is 14.4. The Bertz CT molecular complexity index is 670. The molecule has 0 aromatic heterocycles. The molecule has 2 rings (SSSR count). The standard InChI is InChI=1S/2C12H18N2O.Ni/c2*1-14(2)9-5-8-13-10-11-6-3-4-7-12(11)15;/h2*3-4,6-7,10,13H,5,8-9H2,1-2H3;/q;;+2/b2*11-10-;. The van der Waals surface area contributed by atoms with Gasteiger partial charge in [-0.15, -0.1) is 0 Å². The van der Waals surface area contributed by atoms with Gasteiger partial charge in [0, 0.05) is 36.6 Å². The Kier molecular flexibility index (Phi) is 16.2. The van der Waals surface area contributed by atoms with Crippen LogP contribution in [0.2, 0.25) is 0 Å². The van der Waals surface area contributed by atoms with E-state index in [0.29, 0.717) is 0 Å². The zero-order valence-electron chi connectivity index (χ0n) is 19.0. The second-order valence-corrected chi connectivity index (χ2v) is 7.59. The van der Waals surface area contributed by atoms with Crippen molar-refractivity contribution in [1.29, 1.82) is 0 Å². The molecule has 0 spiro atoms. The van der Waals surface area contributed by atoms with Crippen LogP contribution in [0.4, 0.5) is 0 Å². The van der Waals surface area contributed by atoms with Gasteiger partial charge in [-0.25, -0.2) is 0 Å². The predicted octanol–water partition coefficient (Wildman–Crippen LogP) is 2.21. The van der Waals surface area contributed by atoms with Gasteiger partial charge in [0.05, 0.1) is 0 Å². The van der Waals surface area contributed by atoms with Gasteiger partial charge in [0.1, 0.15) is 0 Å². The van der Waals surface area contributed by atoms with Gasteiger partial charge in [0.25, 0.3) is 0 Å². The first kappa shape index (κ1) is 28.8. The Morgan fingerprint density at radius 1 is 0.677 bits per heavy atom. The monoisotopic (exact) mass is 470 g/mol. The van der Waals surface area contributed by atoms with Crippen LogP contribution in [-0.2, 0) is 26.1 Å². The van der Waals surface area contributed by atoms with Crippen LogP contribution in [0.25, 0.3) is 0 Å². The molecule has 0 heterocycles. The molecule has 0 aromatic rings. The zero-order chi connectivity index (χ0) is 22.2. The first-order valence-corrected chi connectivity index (χ1v) is 10.3. The quantitative estimate of drug-likeness (QED) is 0.290. The molecule has 2 N–H and O–H groups in total. The number of carbonyl (C=O) groups excluding carboxylic acids is 2. The molecule has 7 heteroatoms. The maximum atomic E-state index is 11.3. The molecule has 6 nitrogen and oxygen atoms in total. The third-order valence-electron chi connectivity index (χ3n) is 4.21. The molecule has 31 heavy (non-hydrogen) atoms. The molecule has 2 aliphatic carbocycles. The SMILES string of the molecule is CN(C)CCCN/C=C1/C=CC=CC1=O.CN(C)CCCN/C=C1/C=CC=CC1=O.[Ni+2]. The van der Waals surface area contributed by atoms with Crippen LogP contribution in [0.1, 0.15) is 12.8 Å². The fourth-order valence-corrected chi connectivity index (χ4v) is 2.56. The third kappa shape index (κ3) is 14.4. The van der Waals surface area contributed by atoms with E-state index in [4.69, 9.17) is 0 Å². The summed E-state index contributed by atoms with van der Waals surface area (Å²) in [5, 5.41) is 6.29. The van der Waals surface area contributed by atoms with Crippen molar-refractivity contribution in [2.24, 2.45) is 0 Å². The predicted molar refractivity (Wildman–Crippen MR) is 125 cm³/mol. The van der Waals surface area contributed by atoms with Crippen molar-refractivity contribution in [2.45, 2.75) is 12.8 Å². The van der Waals surface area contributed by atoms with E-state index < -0.39 is 0 Å². The molecule has 0 aliphatic heterocycles. The van der Waals surface area contributed by atoms with Crippen LogP contribution in [0, 0.1) is 0 Å². The number of nitrogens with zero attached hydrogens (tertiary/aromatic N) is 2. The molecule has 0 radical (unpaired) electrons. The molecule has 0 aromatic carbocycles. The molecular weight excluding hydrogens is 435 g/mol. The van der Waals surface area contributed by atoms with Crippen LogP contribution in [0.5, 0.6) is 0 Å². The van der Waals surface area contributed by atoms with Gasteiger partial charge in [0.2, 0.25) is 0 Å². The number of hydrogen-bond acceptors (Lipinski definition) is 6. The van der Waals surface area contributed by atoms with Gasteiger partial charge < -0.3 is 20.4 Å². The zero-order valence-corrected chi connectivity index (χ0v) is 20.0. The minimum atomic E-state index is 0. The van der Waals surface area contributed by atoms with Crippen molar-refractivity contribution in [3.8, 4) is 0 Å². The minimum absolute atomic E-state index is 0. The first-order valence-electron chi connectivity index (χ1n) is 10.3. The Morgan fingerprint density at radius 3 is 1.35 bits per heavy atom. The number of rotatable bonds is 10. The van der Waals surface area contributed by atoms with Gasteiger partial charge in [-0.3, -0.25) is 9.59 Å². The Labute approximate surface area is 197 Å². The van der Waals surface area contributed by atoms with E-state index in [1.54, 1.807) is 36.7 Å². The molecule has 0 atom stereocenters. The molecule has 172 valence electrons. The molecule has 0 unspecified atom stereocenters. The summed E-state index contributed by atoms with van der Waals surface area (Å²) in [6.07, 6.45) is 19.8. The minimum Gasteiger partial charge on any atom is -0.390 e. The summed E-state index contributed by atoms with van der Waals surface area (Å²) in [5.41, 5.74) is 1.45. The maximum absolute atomic E-state index is 11.3. The van der Waals surface area contributed by atoms with E-state index in [-0.39, 0.29) is 28.1 Å². The molecule has 0 saturated heterocycles. The van der Waals surface area contributed by atoms with Gasteiger partial charge >= 0.3 is 16.5 Å². The van der Waals surface area contributed by atoms with Crippen molar-refractivity contribution < 1.29 is 26.1 Å². The topological polar surface area (TPSA) is 64.7 Å². The summed E-state index contributed by atoms with van der Waals surface area (Å²) < 4.78 is 0. The van der Waals surface area contributed by atoms with Crippen molar-refractivity contribution in [3.63, 3.8) is 0 Å². The smallest absolute Gasteiger partial charge is 0.390 e. The van der Waals surface area contributed by atoms with E-state index in [9.17, 15) is 9.59 Å². The summed E-state index contributed by atoms with van der Waals surface area (Å²) in [6.45, 7) is 3.90. The molecule has 0 saturated carbocycles. The fourth-order valence-electron chi connectivity index (χ4n) is 2.56. The van der Waals surface area contributed by atoms with Gasteiger partial charge in [-0.2, -0.15) is 0 Å². The average Bonchev–Trinajstić information content (AvgIpc) is 2.70. The summed E-state index contributed by atoms with van der Waals surface area (Å²) >= 11 is 0. The number of allylic oxidation sites excluding steroid dienone is 10. The van der Waals surface area contributed by atoms with Crippen LogP contribution in [-0.4, -0.2) is 75.7 Å². The second kappa shape index (κ2) is 17.5. The van der Waals surface area contributed by atoms with Gasteiger partial charge in [0.15, 0.2) is 11.6 Å². The van der Waals surface area contributed by atoms with Crippen molar-refractivity contribution in [2.75, 3.05) is 54.4 Å². The average molecular weight is 471 g/mol. The summed E-state index contributed by atoms with van der Waals surface area (Å²) in [7, 11) is 8.21. The Morgan fingerprint density at radius 2 is 1.03 bits per heavy atom. The fraction of sp³-hybridized carbons (Fsp3) is 0.417. The Hall–Kier alpha value is -2.21. The van der Waals surface area contributed by atoms with Crippen molar-refractivity contribution in [1.82, 2.24) is 20.4 Å². The van der Waals surface area contributed by atoms with E-state index in [2.05, 4.69) is 48.6 Å². The summed E-state index contributed by atoms with van der Waals surface area (Å²) in [6, 6.07) is 0. The molecular formula is C24H36N4NiO2+2. The summed E-state index contributed by atoms with van der Waals surface area (Å²) in [4.78, 5) is 26.9. The van der Waals surface area contributed by atoms with Crippen LogP contribution in [0.15, 0.2) is 72.2 Å². The number of carbonyl (C=O) groups is 2. The largest absolute Gasteiger partial charge is 2.00 e. The van der Waals surface area contributed by atoms with Crippen LogP contribution < -0.4 is 10.6 Å². The molecule has 0 amide bonds. The van der Waals surface area contributed by atoms with E-state index in [1.807, 2.05) is 24.3 Å². The van der Waals surface area contributed by atoms with Gasteiger partial charge in [-0.05, 0) is 78.4 Å². The number of nitrogens with one attached hydrogen (secondary N) is 2. The second-order valence-electron chi connectivity index (χ2n) is 7.59. The van der Waals surface area contributed by atoms with Crippen LogP contribution in [0.3, 0.4) is 0 Å².